The number of hydrogen-bond donors (Lipinski definition) is 2. The number of amides is 1. The number of anilines is 2. The van der Waals surface area contributed by atoms with Crippen molar-refractivity contribution in [3.63, 3.8) is 0 Å². The molecule has 174 valence electrons. The zero-order valence-corrected chi connectivity index (χ0v) is 18.5. The highest BCUT2D eigenvalue weighted by Gasteiger charge is 2.30. The van der Waals surface area contributed by atoms with E-state index in [1.54, 1.807) is 0 Å². The Labute approximate surface area is 189 Å². The number of benzene rings is 3. The normalized spacial score (nSPS) is 11.7. The van der Waals surface area contributed by atoms with Crippen molar-refractivity contribution in [1.29, 1.82) is 0 Å². The molecule has 0 aliphatic carbocycles. The van der Waals surface area contributed by atoms with Crippen molar-refractivity contribution < 1.29 is 31.1 Å². The number of hydrogen-bond acceptors (Lipinski definition) is 4. The fourth-order valence-corrected chi connectivity index (χ4v) is 4.13. The van der Waals surface area contributed by atoms with Crippen molar-refractivity contribution in [3.8, 4) is 5.75 Å². The largest absolute Gasteiger partial charge is 0.484 e. The average Bonchev–Trinajstić information content (AvgIpc) is 2.71. The van der Waals surface area contributed by atoms with Gasteiger partial charge in [-0.2, -0.15) is 13.2 Å². The molecule has 3 aromatic carbocycles. The molecule has 0 saturated carbocycles. The molecule has 3 aromatic rings. The van der Waals surface area contributed by atoms with Gasteiger partial charge in [-0.05, 0) is 79.6 Å². The monoisotopic (exact) mass is 478 g/mol. The fourth-order valence-electron chi connectivity index (χ4n) is 3.08. The van der Waals surface area contributed by atoms with Gasteiger partial charge in [-0.1, -0.05) is 12.1 Å². The van der Waals surface area contributed by atoms with E-state index in [0.29, 0.717) is 11.8 Å². The third-order valence-corrected chi connectivity index (χ3v) is 5.85. The van der Waals surface area contributed by atoms with Crippen molar-refractivity contribution in [2.45, 2.75) is 24.9 Å². The molecule has 1 amide bonds. The van der Waals surface area contributed by atoms with Crippen LogP contribution in [0.1, 0.15) is 16.7 Å². The lowest BCUT2D eigenvalue weighted by Crippen LogP contribution is -2.20. The summed E-state index contributed by atoms with van der Waals surface area (Å²) in [5.74, 6) is -0.133. The van der Waals surface area contributed by atoms with Crippen LogP contribution in [-0.2, 0) is 21.0 Å². The molecular weight excluding hydrogens is 457 g/mol. The second-order valence-corrected chi connectivity index (χ2v) is 9.05. The second kappa shape index (κ2) is 9.53. The predicted octanol–water partition coefficient (Wildman–Crippen LogP) is 5.14. The molecule has 0 fully saturated rings. The summed E-state index contributed by atoms with van der Waals surface area (Å²) < 4.78 is 71.0. The standard InChI is InChI=1S/C23H21F3N2O4S/c1-15-10-16(2)12-19(11-15)27-22(29)14-32-20-6-8-21(9-7-20)33(30,31)28-18-5-3-4-17(13-18)23(24,25)26/h3-13,28H,14H2,1-2H3,(H,27,29). The molecule has 0 bridgehead atoms. The summed E-state index contributed by atoms with van der Waals surface area (Å²) in [7, 11) is -4.12. The summed E-state index contributed by atoms with van der Waals surface area (Å²) in [4.78, 5) is 11.9. The number of ether oxygens (including phenoxy) is 1. The molecule has 33 heavy (non-hydrogen) atoms. The summed E-state index contributed by atoms with van der Waals surface area (Å²) in [6, 6.07) is 14.7. The highest BCUT2D eigenvalue weighted by molar-refractivity contribution is 7.92. The van der Waals surface area contributed by atoms with E-state index >= 15 is 0 Å². The Bertz CT molecular complexity index is 1240. The number of nitrogens with one attached hydrogen (secondary N) is 2. The Kier molecular flexibility index (Phi) is 6.97. The van der Waals surface area contributed by atoms with Gasteiger partial charge in [0.05, 0.1) is 10.5 Å². The lowest BCUT2D eigenvalue weighted by Gasteiger charge is -2.12. The van der Waals surface area contributed by atoms with E-state index in [2.05, 4.69) is 10.0 Å². The van der Waals surface area contributed by atoms with E-state index in [1.807, 2.05) is 32.0 Å². The maximum atomic E-state index is 12.8. The van der Waals surface area contributed by atoms with Crippen LogP contribution in [0.15, 0.2) is 71.6 Å². The molecule has 0 saturated heterocycles. The fraction of sp³-hybridized carbons (Fsp3) is 0.174. The number of alkyl halides is 3. The van der Waals surface area contributed by atoms with Gasteiger partial charge in [0, 0.05) is 11.4 Å². The van der Waals surface area contributed by atoms with Crippen LogP contribution in [0, 0.1) is 13.8 Å². The van der Waals surface area contributed by atoms with Crippen LogP contribution in [-0.4, -0.2) is 20.9 Å². The Morgan fingerprint density at radius 3 is 2.15 bits per heavy atom. The molecule has 0 radical (unpaired) electrons. The molecule has 0 aliphatic heterocycles. The maximum absolute atomic E-state index is 12.8. The lowest BCUT2D eigenvalue weighted by atomic mass is 10.1. The number of rotatable bonds is 7. The van der Waals surface area contributed by atoms with Crippen LogP contribution in [0.2, 0.25) is 0 Å². The first-order chi connectivity index (χ1) is 15.4. The molecule has 2 N–H and O–H groups in total. The second-order valence-electron chi connectivity index (χ2n) is 7.37. The molecular formula is C23H21F3N2O4S. The molecule has 0 spiro atoms. The number of halogens is 3. The smallest absolute Gasteiger partial charge is 0.416 e. The van der Waals surface area contributed by atoms with E-state index in [4.69, 9.17) is 4.74 Å². The molecule has 10 heteroatoms. The first kappa shape index (κ1) is 24.1. The SMILES string of the molecule is Cc1cc(C)cc(NC(=O)COc2ccc(S(=O)(=O)Nc3cccc(C(F)(F)F)c3)cc2)c1. The minimum atomic E-state index is -4.59. The Morgan fingerprint density at radius 1 is 0.909 bits per heavy atom. The zero-order valence-electron chi connectivity index (χ0n) is 17.7. The summed E-state index contributed by atoms with van der Waals surface area (Å²) in [6.07, 6.45) is -4.59. The third-order valence-electron chi connectivity index (χ3n) is 4.45. The van der Waals surface area contributed by atoms with Gasteiger partial charge in [0.1, 0.15) is 5.75 Å². The van der Waals surface area contributed by atoms with Crippen molar-refractivity contribution in [2.75, 3.05) is 16.6 Å². The van der Waals surface area contributed by atoms with Crippen LogP contribution in [0.3, 0.4) is 0 Å². The van der Waals surface area contributed by atoms with Crippen molar-refractivity contribution >= 4 is 27.3 Å². The van der Waals surface area contributed by atoms with Gasteiger partial charge in [0.15, 0.2) is 6.61 Å². The van der Waals surface area contributed by atoms with Crippen LogP contribution in [0.5, 0.6) is 5.75 Å². The van der Waals surface area contributed by atoms with Gasteiger partial charge in [-0.3, -0.25) is 9.52 Å². The van der Waals surface area contributed by atoms with Crippen molar-refractivity contribution in [1.82, 2.24) is 0 Å². The van der Waals surface area contributed by atoms with Crippen LogP contribution in [0.4, 0.5) is 24.5 Å². The molecule has 0 atom stereocenters. The molecule has 3 rings (SSSR count). The predicted molar refractivity (Wildman–Crippen MR) is 119 cm³/mol. The van der Waals surface area contributed by atoms with E-state index < -0.39 is 21.8 Å². The van der Waals surface area contributed by atoms with Gasteiger partial charge >= 0.3 is 6.18 Å². The molecule has 0 unspecified atom stereocenters. The van der Waals surface area contributed by atoms with Gasteiger partial charge in [0.25, 0.3) is 15.9 Å². The van der Waals surface area contributed by atoms with Gasteiger partial charge in [0.2, 0.25) is 0 Å². The molecule has 6 nitrogen and oxygen atoms in total. The lowest BCUT2D eigenvalue weighted by molar-refractivity contribution is -0.137. The highest BCUT2D eigenvalue weighted by Crippen LogP contribution is 2.31. The summed E-state index contributed by atoms with van der Waals surface area (Å²) in [6.45, 7) is 3.54. The average molecular weight is 478 g/mol. The Morgan fingerprint density at radius 2 is 1.55 bits per heavy atom. The number of carbonyl (C=O) groups excluding carboxylic acids is 1. The Hall–Kier alpha value is -3.53. The molecule has 0 heterocycles. The minimum absolute atomic E-state index is 0.174. The third kappa shape index (κ3) is 6.72. The number of sulfonamides is 1. The highest BCUT2D eigenvalue weighted by atomic mass is 32.2. The first-order valence-corrected chi connectivity index (χ1v) is 11.2. The van der Waals surface area contributed by atoms with Crippen LogP contribution >= 0.6 is 0 Å². The molecule has 0 aromatic heterocycles. The van der Waals surface area contributed by atoms with Gasteiger partial charge in [-0.25, -0.2) is 8.42 Å². The van der Waals surface area contributed by atoms with E-state index in [0.717, 1.165) is 23.3 Å². The zero-order chi connectivity index (χ0) is 24.2. The van der Waals surface area contributed by atoms with Crippen molar-refractivity contribution in [3.05, 3.63) is 83.4 Å². The molecule has 0 aliphatic rings. The van der Waals surface area contributed by atoms with E-state index in [-0.39, 0.29) is 28.8 Å². The van der Waals surface area contributed by atoms with Crippen molar-refractivity contribution in [2.24, 2.45) is 0 Å². The summed E-state index contributed by atoms with van der Waals surface area (Å²) >= 11 is 0. The number of aryl methyl sites for hydroxylation is 2. The van der Waals surface area contributed by atoms with Gasteiger partial charge < -0.3 is 10.1 Å². The Balaban J connectivity index is 1.61. The first-order valence-electron chi connectivity index (χ1n) is 9.73. The van der Waals surface area contributed by atoms with Crippen LogP contribution in [0.25, 0.3) is 0 Å². The summed E-state index contributed by atoms with van der Waals surface area (Å²) in [5.41, 5.74) is 1.46. The van der Waals surface area contributed by atoms with Crippen LogP contribution < -0.4 is 14.8 Å². The van der Waals surface area contributed by atoms with Gasteiger partial charge in [-0.15, -0.1) is 0 Å². The number of carbonyl (C=O) groups is 1. The summed E-state index contributed by atoms with van der Waals surface area (Å²) in [5, 5.41) is 2.72. The quantitative estimate of drug-likeness (QED) is 0.493. The van der Waals surface area contributed by atoms with E-state index in [1.165, 1.54) is 30.3 Å². The topological polar surface area (TPSA) is 84.5 Å². The van der Waals surface area contributed by atoms with E-state index in [9.17, 15) is 26.4 Å². The maximum Gasteiger partial charge on any atom is 0.416 e. The minimum Gasteiger partial charge on any atom is -0.484 e.